The maximum atomic E-state index is 12.0. The average molecular weight is 261 g/mol. The zero-order valence-electron chi connectivity index (χ0n) is 8.36. The van der Waals surface area contributed by atoms with E-state index in [9.17, 15) is 9.90 Å². The van der Waals surface area contributed by atoms with E-state index in [1.807, 2.05) is 0 Å². The van der Waals surface area contributed by atoms with Crippen molar-refractivity contribution in [1.29, 1.82) is 0 Å². The van der Waals surface area contributed by atoms with Crippen LogP contribution in [0.25, 0.3) is 0 Å². The van der Waals surface area contributed by atoms with Crippen LogP contribution in [-0.4, -0.2) is 40.1 Å². The summed E-state index contributed by atoms with van der Waals surface area (Å²) in [5, 5.41) is 9.85. The SMILES string of the molecule is O=C(c1nc(Cl)ccc1Cl)N1CC[C@@H](O)C1. The van der Waals surface area contributed by atoms with Gasteiger partial charge in [0.2, 0.25) is 0 Å². The van der Waals surface area contributed by atoms with E-state index in [1.54, 1.807) is 0 Å². The van der Waals surface area contributed by atoms with Crippen LogP contribution >= 0.6 is 23.2 Å². The van der Waals surface area contributed by atoms with Gasteiger partial charge in [0.1, 0.15) is 10.8 Å². The first-order valence-corrected chi connectivity index (χ1v) is 5.63. The van der Waals surface area contributed by atoms with Crippen LogP contribution in [0.4, 0.5) is 0 Å². The van der Waals surface area contributed by atoms with Gasteiger partial charge in [-0.05, 0) is 18.6 Å². The number of carbonyl (C=O) groups is 1. The molecular formula is C10H10Cl2N2O2. The summed E-state index contributed by atoms with van der Waals surface area (Å²) in [6.45, 7) is 0.841. The molecule has 2 rings (SSSR count). The van der Waals surface area contributed by atoms with Gasteiger partial charge in [0.05, 0.1) is 11.1 Å². The zero-order chi connectivity index (χ0) is 11.7. The number of likely N-dealkylation sites (tertiary alicyclic amines) is 1. The summed E-state index contributed by atoms with van der Waals surface area (Å²) >= 11 is 11.6. The first kappa shape index (κ1) is 11.6. The molecule has 6 heteroatoms. The van der Waals surface area contributed by atoms with E-state index in [1.165, 1.54) is 17.0 Å². The fourth-order valence-corrected chi connectivity index (χ4v) is 1.98. The molecular weight excluding hydrogens is 251 g/mol. The summed E-state index contributed by atoms with van der Waals surface area (Å²) in [6, 6.07) is 3.07. The van der Waals surface area contributed by atoms with Gasteiger partial charge in [-0.25, -0.2) is 4.98 Å². The van der Waals surface area contributed by atoms with Crippen molar-refractivity contribution in [2.24, 2.45) is 0 Å². The van der Waals surface area contributed by atoms with Crippen molar-refractivity contribution in [1.82, 2.24) is 9.88 Å². The third-order valence-electron chi connectivity index (χ3n) is 2.47. The van der Waals surface area contributed by atoms with Gasteiger partial charge >= 0.3 is 0 Å². The van der Waals surface area contributed by atoms with Crippen molar-refractivity contribution in [2.75, 3.05) is 13.1 Å². The van der Waals surface area contributed by atoms with Crippen molar-refractivity contribution >= 4 is 29.1 Å². The molecule has 0 saturated carbocycles. The van der Waals surface area contributed by atoms with E-state index >= 15 is 0 Å². The maximum Gasteiger partial charge on any atom is 0.274 e. The molecule has 1 saturated heterocycles. The van der Waals surface area contributed by atoms with Gasteiger partial charge in [0.15, 0.2) is 0 Å². The quantitative estimate of drug-likeness (QED) is 0.781. The lowest BCUT2D eigenvalue weighted by Crippen LogP contribution is -2.30. The minimum atomic E-state index is -0.457. The van der Waals surface area contributed by atoms with Gasteiger partial charge in [0.25, 0.3) is 5.91 Å². The second-order valence-electron chi connectivity index (χ2n) is 3.66. The molecule has 1 fully saturated rings. The number of aliphatic hydroxyl groups is 1. The standard InChI is InChI=1S/C10H10Cl2N2O2/c11-7-1-2-8(12)13-9(7)10(16)14-4-3-6(15)5-14/h1-2,6,15H,3-5H2/t6-/m1/s1. The average Bonchev–Trinajstić information content (AvgIpc) is 2.67. The number of amides is 1. The Balaban J connectivity index is 2.23. The van der Waals surface area contributed by atoms with Crippen molar-refractivity contribution in [3.8, 4) is 0 Å². The van der Waals surface area contributed by atoms with E-state index in [0.717, 1.165) is 0 Å². The molecule has 0 radical (unpaired) electrons. The molecule has 1 aliphatic rings. The highest BCUT2D eigenvalue weighted by molar-refractivity contribution is 6.34. The highest BCUT2D eigenvalue weighted by Crippen LogP contribution is 2.20. The van der Waals surface area contributed by atoms with Crippen molar-refractivity contribution in [3.05, 3.63) is 28.0 Å². The first-order valence-electron chi connectivity index (χ1n) is 4.87. The van der Waals surface area contributed by atoms with E-state index in [4.69, 9.17) is 23.2 Å². The van der Waals surface area contributed by atoms with Gasteiger partial charge in [-0.1, -0.05) is 23.2 Å². The van der Waals surface area contributed by atoms with Crippen LogP contribution < -0.4 is 0 Å². The zero-order valence-corrected chi connectivity index (χ0v) is 9.87. The van der Waals surface area contributed by atoms with Gasteiger partial charge in [-0.3, -0.25) is 4.79 Å². The summed E-state index contributed by atoms with van der Waals surface area (Å²) < 4.78 is 0. The Morgan fingerprint density at radius 2 is 2.25 bits per heavy atom. The monoisotopic (exact) mass is 260 g/mol. The Morgan fingerprint density at radius 1 is 1.50 bits per heavy atom. The third-order valence-corrected chi connectivity index (χ3v) is 2.98. The predicted octanol–water partition coefficient (Wildman–Crippen LogP) is 1.60. The smallest absolute Gasteiger partial charge is 0.274 e. The Hall–Kier alpha value is -0.840. The Kier molecular flexibility index (Phi) is 3.33. The fourth-order valence-electron chi connectivity index (χ4n) is 1.64. The Bertz CT molecular complexity index is 425. The summed E-state index contributed by atoms with van der Waals surface area (Å²) in [5.41, 5.74) is 0.142. The number of pyridine rings is 1. The molecule has 0 bridgehead atoms. The number of halogens is 2. The van der Waals surface area contributed by atoms with E-state index in [0.29, 0.717) is 19.5 Å². The minimum absolute atomic E-state index is 0.142. The molecule has 16 heavy (non-hydrogen) atoms. The second-order valence-corrected chi connectivity index (χ2v) is 4.45. The van der Waals surface area contributed by atoms with Gasteiger partial charge in [0, 0.05) is 13.1 Å². The van der Waals surface area contributed by atoms with Crippen LogP contribution in [0.15, 0.2) is 12.1 Å². The molecule has 1 aromatic rings. The lowest BCUT2D eigenvalue weighted by atomic mass is 10.3. The first-order chi connectivity index (χ1) is 7.58. The number of carbonyl (C=O) groups excluding carboxylic acids is 1. The van der Waals surface area contributed by atoms with Crippen LogP contribution in [0, 0.1) is 0 Å². The minimum Gasteiger partial charge on any atom is -0.391 e. The van der Waals surface area contributed by atoms with Crippen LogP contribution in [0.1, 0.15) is 16.9 Å². The van der Waals surface area contributed by atoms with Gasteiger partial charge in [-0.2, -0.15) is 0 Å². The molecule has 1 atom stereocenters. The fraction of sp³-hybridized carbons (Fsp3) is 0.400. The second kappa shape index (κ2) is 4.57. The molecule has 86 valence electrons. The largest absolute Gasteiger partial charge is 0.391 e. The molecule has 0 aliphatic carbocycles. The summed E-state index contributed by atoms with van der Waals surface area (Å²) in [5.74, 6) is -0.288. The maximum absolute atomic E-state index is 12.0. The number of aliphatic hydroxyl groups excluding tert-OH is 1. The molecule has 0 aromatic carbocycles. The van der Waals surface area contributed by atoms with Crippen LogP contribution in [-0.2, 0) is 0 Å². The van der Waals surface area contributed by atoms with E-state index in [-0.39, 0.29) is 21.8 Å². The molecule has 1 aliphatic heterocycles. The van der Waals surface area contributed by atoms with E-state index in [2.05, 4.69) is 4.98 Å². The van der Waals surface area contributed by atoms with Crippen molar-refractivity contribution < 1.29 is 9.90 Å². The molecule has 0 unspecified atom stereocenters. The van der Waals surface area contributed by atoms with Crippen LogP contribution in [0.3, 0.4) is 0 Å². The molecule has 1 aromatic heterocycles. The Morgan fingerprint density at radius 3 is 2.88 bits per heavy atom. The highest BCUT2D eigenvalue weighted by Gasteiger charge is 2.27. The molecule has 1 N–H and O–H groups in total. The van der Waals surface area contributed by atoms with Gasteiger partial charge < -0.3 is 10.0 Å². The lowest BCUT2D eigenvalue weighted by Gasteiger charge is -2.15. The normalized spacial score (nSPS) is 20.2. The lowest BCUT2D eigenvalue weighted by molar-refractivity contribution is 0.0759. The predicted molar refractivity (Wildman–Crippen MR) is 60.8 cm³/mol. The topological polar surface area (TPSA) is 53.4 Å². The number of aromatic nitrogens is 1. The highest BCUT2D eigenvalue weighted by atomic mass is 35.5. The van der Waals surface area contributed by atoms with Gasteiger partial charge in [-0.15, -0.1) is 0 Å². The third kappa shape index (κ3) is 2.29. The van der Waals surface area contributed by atoms with E-state index < -0.39 is 6.10 Å². The number of β-amino-alcohol motifs (C(OH)–C–C–N with tert-alkyl or cyclic N) is 1. The number of hydrogen-bond acceptors (Lipinski definition) is 3. The number of hydrogen-bond donors (Lipinski definition) is 1. The molecule has 2 heterocycles. The summed E-state index contributed by atoms with van der Waals surface area (Å²) in [4.78, 5) is 17.4. The summed E-state index contributed by atoms with van der Waals surface area (Å²) in [6.07, 6.45) is 0.131. The van der Waals surface area contributed by atoms with Crippen molar-refractivity contribution in [2.45, 2.75) is 12.5 Å². The molecule has 0 spiro atoms. The molecule has 1 amide bonds. The summed E-state index contributed by atoms with van der Waals surface area (Å²) in [7, 11) is 0. The number of rotatable bonds is 1. The van der Waals surface area contributed by atoms with Crippen molar-refractivity contribution in [3.63, 3.8) is 0 Å². The molecule has 4 nitrogen and oxygen atoms in total. The Labute approximate surface area is 103 Å². The number of nitrogens with zero attached hydrogens (tertiary/aromatic N) is 2. The van der Waals surface area contributed by atoms with Crippen LogP contribution in [0.2, 0.25) is 10.2 Å². The van der Waals surface area contributed by atoms with Crippen LogP contribution in [0.5, 0.6) is 0 Å².